The second kappa shape index (κ2) is 3.88. The molecule has 0 radical (unpaired) electrons. The third-order valence-corrected chi connectivity index (χ3v) is 16.6. The predicted octanol–water partition coefficient (Wildman–Crippen LogP) is 1.05. The Labute approximate surface area is 200 Å². The first-order chi connectivity index (χ1) is 15.5. The number of rotatable bonds is 2. The predicted molar refractivity (Wildman–Crippen MR) is 112 cm³/mol. The van der Waals surface area contributed by atoms with Gasteiger partial charge in [0.05, 0.1) is 46.2 Å². The topological polar surface area (TPSA) is 78.1 Å². The van der Waals surface area contributed by atoms with Crippen molar-refractivity contribution in [2.24, 2.45) is 71.0 Å². The fraction of sp³-hybridized carbons (Fsp3) is 0.957. The van der Waals surface area contributed by atoms with E-state index in [0.29, 0.717) is 97.4 Å². The van der Waals surface area contributed by atoms with Crippen LogP contribution in [0.2, 0.25) is 0 Å². The highest BCUT2D eigenvalue weighted by atomic mass is 79.9. The zero-order valence-electron chi connectivity index (χ0n) is 17.1. The van der Waals surface area contributed by atoms with E-state index in [9.17, 15) is 4.79 Å². The Hall–Kier alpha value is 0.0700. The van der Waals surface area contributed by atoms with Crippen molar-refractivity contribution in [2.75, 3.05) is 26.4 Å². The molecule has 12 saturated carbocycles. The van der Waals surface area contributed by atoms with Gasteiger partial charge < -0.3 is 29.6 Å². The van der Waals surface area contributed by atoms with Crippen molar-refractivity contribution in [2.45, 2.75) is 31.3 Å². The van der Waals surface area contributed by atoms with E-state index in [-0.39, 0.29) is 25.8 Å². The molecule has 0 aromatic rings. The zero-order valence-corrected chi connectivity index (χ0v) is 20.2. The number of ether oxygens (including phenoxy) is 4. The summed E-state index contributed by atoms with van der Waals surface area (Å²) in [4.78, 5) is 13.6. The molecule has 2 saturated heterocycles. The maximum absolute atomic E-state index is 13.6. The lowest BCUT2D eigenvalue weighted by molar-refractivity contribution is -0.191. The summed E-state index contributed by atoms with van der Waals surface area (Å²) >= 11 is 8.34. The quantitative estimate of drug-likeness (QED) is 0.489. The summed E-state index contributed by atoms with van der Waals surface area (Å²) in [5.74, 6) is 5.80. The van der Waals surface area contributed by atoms with Crippen molar-refractivity contribution in [3.63, 3.8) is 0 Å². The fourth-order valence-electron chi connectivity index (χ4n) is 13.7. The largest absolute Gasteiger partial charge is 0.346 e. The normalized spacial score (nSPS) is 77.8. The molecule has 14 rings (SSSR count). The molecule has 12 aliphatic carbocycles. The molecule has 0 unspecified atom stereocenters. The zero-order chi connectivity index (χ0) is 20.6. The van der Waals surface area contributed by atoms with E-state index in [1.54, 1.807) is 0 Å². The minimum atomic E-state index is -0.417. The average molecular weight is 566 g/mol. The first-order valence-corrected chi connectivity index (χ1v) is 14.1. The molecule has 168 valence electrons. The standard InChI is InChI=1S/C23H22Br2N2O5/c24-20-9-5-7(9)18(13(15(18)20)11(5)22(20)29-1-2-30-22)26-17(28)27-19-8-6-10(8)21(25)16(19)14(19)12(6)23(21)31-3-4-32-23/h5-16H,1-4H2,(H2,26,27,28)/t5-,6+,7-,8-,9+,10-,11-,12-,13+,14-,15-,16-,18-,19+,20+,21+/m1/s1. The summed E-state index contributed by atoms with van der Waals surface area (Å²) in [5.41, 5.74) is -0.0405. The number of nitrogens with one attached hydrogen (secondary N) is 2. The van der Waals surface area contributed by atoms with Gasteiger partial charge in [0.25, 0.3) is 0 Å². The van der Waals surface area contributed by atoms with Gasteiger partial charge >= 0.3 is 6.03 Å². The molecule has 0 aromatic carbocycles. The average Bonchev–Trinajstić information content (AvgIpc) is 3.65. The second-order valence-corrected chi connectivity index (χ2v) is 15.7. The Morgan fingerprint density at radius 2 is 1.03 bits per heavy atom. The maximum atomic E-state index is 13.6. The Bertz CT molecular complexity index is 1070. The SMILES string of the molecule is O=C(N[C@@]12[C@@H]3[C@@H]4[C@@H]5[C@@H]1[C@H]2[C@@](Br)([C@H]43)C51OCCO1)N[C@]12[C@@H]3[C@H]4[C@@H]5[C@H]1[C@H]2[C@@](Br)([C@@H]43)C51OCCO1. The Balaban J connectivity index is 0.875. The molecule has 9 heteroatoms. The molecule has 16 atom stereocenters. The Kier molecular flexibility index (Phi) is 2.02. The highest BCUT2D eigenvalue weighted by Crippen LogP contribution is 3.03. The molecule has 2 amide bonds. The van der Waals surface area contributed by atoms with Crippen LogP contribution in [0.3, 0.4) is 0 Å². The number of hydrogen-bond acceptors (Lipinski definition) is 5. The molecule has 14 fully saturated rings. The van der Waals surface area contributed by atoms with Crippen molar-refractivity contribution < 1.29 is 23.7 Å². The summed E-state index contributed by atoms with van der Waals surface area (Å²) in [7, 11) is 0. The van der Waals surface area contributed by atoms with Gasteiger partial charge in [-0.25, -0.2) is 4.79 Å². The van der Waals surface area contributed by atoms with Gasteiger partial charge in [-0.1, -0.05) is 31.9 Å². The van der Waals surface area contributed by atoms with Crippen LogP contribution in [0.15, 0.2) is 0 Å². The van der Waals surface area contributed by atoms with Gasteiger partial charge in [-0.2, -0.15) is 0 Å². The highest BCUT2D eigenvalue weighted by Gasteiger charge is 3.11. The minimum absolute atomic E-state index is 0.0203. The smallest absolute Gasteiger partial charge is 0.315 e. The molecule has 2 heterocycles. The lowest BCUT2D eigenvalue weighted by Crippen LogP contribution is -2.56. The van der Waals surface area contributed by atoms with Crippen LogP contribution in [0, 0.1) is 71.0 Å². The van der Waals surface area contributed by atoms with Crippen LogP contribution in [-0.2, 0) is 18.9 Å². The molecule has 7 nitrogen and oxygen atoms in total. The third kappa shape index (κ3) is 1.02. The molecular formula is C23H22Br2N2O5. The summed E-state index contributed by atoms with van der Waals surface area (Å²) in [5, 5.41) is 7.19. The van der Waals surface area contributed by atoms with E-state index >= 15 is 0 Å². The van der Waals surface area contributed by atoms with Gasteiger partial charge in [0.2, 0.25) is 0 Å². The minimum Gasteiger partial charge on any atom is -0.346 e. The van der Waals surface area contributed by atoms with E-state index in [1.807, 2.05) is 0 Å². The first kappa shape index (κ1) is 16.7. The van der Waals surface area contributed by atoms with Crippen LogP contribution in [0.5, 0.6) is 0 Å². The summed E-state index contributed by atoms with van der Waals surface area (Å²) in [6, 6.07) is 0.0713. The van der Waals surface area contributed by atoms with E-state index < -0.39 is 11.6 Å². The molecule has 2 aliphatic heterocycles. The fourth-order valence-corrected chi connectivity index (χ4v) is 17.2. The van der Waals surface area contributed by atoms with Crippen molar-refractivity contribution in [1.29, 1.82) is 0 Å². The molecule has 2 N–H and O–H groups in total. The molecule has 2 spiro atoms. The number of halogens is 2. The van der Waals surface area contributed by atoms with Crippen molar-refractivity contribution in [3.8, 4) is 0 Å². The Morgan fingerprint density at radius 3 is 1.34 bits per heavy atom. The van der Waals surface area contributed by atoms with Crippen LogP contribution in [0.25, 0.3) is 0 Å². The first-order valence-electron chi connectivity index (χ1n) is 12.5. The molecule has 32 heavy (non-hydrogen) atoms. The molecule has 0 aromatic heterocycles. The third-order valence-electron chi connectivity index (χ3n) is 13.4. The van der Waals surface area contributed by atoms with Gasteiger partial charge in [-0.15, -0.1) is 0 Å². The number of hydrogen-bond donors (Lipinski definition) is 2. The molecular weight excluding hydrogens is 544 g/mol. The highest BCUT2D eigenvalue weighted by molar-refractivity contribution is 9.10. The van der Waals surface area contributed by atoms with Crippen LogP contribution >= 0.6 is 31.9 Å². The van der Waals surface area contributed by atoms with Gasteiger partial charge in [0.1, 0.15) is 0 Å². The van der Waals surface area contributed by atoms with E-state index in [4.69, 9.17) is 18.9 Å². The van der Waals surface area contributed by atoms with Gasteiger partial charge in [0.15, 0.2) is 11.6 Å². The lowest BCUT2D eigenvalue weighted by atomic mass is 9.96. The Morgan fingerprint density at radius 1 is 0.625 bits per heavy atom. The summed E-state index contributed by atoms with van der Waals surface area (Å²) < 4.78 is 24.9. The van der Waals surface area contributed by atoms with Gasteiger partial charge in [-0.3, -0.25) is 0 Å². The van der Waals surface area contributed by atoms with Crippen LogP contribution in [-0.4, -0.2) is 63.8 Å². The van der Waals surface area contributed by atoms with Gasteiger partial charge in [0, 0.05) is 23.7 Å². The van der Waals surface area contributed by atoms with E-state index in [0.717, 1.165) is 0 Å². The van der Waals surface area contributed by atoms with Crippen molar-refractivity contribution in [1.82, 2.24) is 10.6 Å². The number of carbonyl (C=O) groups excluding carboxylic acids is 1. The summed E-state index contributed by atoms with van der Waals surface area (Å²) in [6.07, 6.45) is 0. The van der Waals surface area contributed by atoms with Crippen molar-refractivity contribution in [3.05, 3.63) is 0 Å². The second-order valence-electron chi connectivity index (χ2n) is 13.0. The maximum Gasteiger partial charge on any atom is 0.315 e. The number of urea groups is 1. The monoisotopic (exact) mass is 564 g/mol. The van der Waals surface area contributed by atoms with Crippen molar-refractivity contribution >= 4 is 37.9 Å². The molecule has 14 aliphatic rings. The number of carbonyl (C=O) groups is 1. The number of amides is 2. The summed E-state index contributed by atoms with van der Waals surface area (Å²) in [6.45, 7) is 2.81. The number of alkyl halides is 2. The van der Waals surface area contributed by atoms with E-state index in [2.05, 4.69) is 42.5 Å². The van der Waals surface area contributed by atoms with Crippen LogP contribution in [0.1, 0.15) is 0 Å². The van der Waals surface area contributed by atoms with Gasteiger partial charge in [-0.05, 0) is 47.3 Å². The van der Waals surface area contributed by atoms with Crippen LogP contribution in [0.4, 0.5) is 4.79 Å². The van der Waals surface area contributed by atoms with E-state index in [1.165, 1.54) is 0 Å². The lowest BCUT2D eigenvalue weighted by Gasteiger charge is -2.38. The molecule has 4 bridgehead atoms. The van der Waals surface area contributed by atoms with Crippen LogP contribution < -0.4 is 10.6 Å².